The molecule has 100 valence electrons. The SMILES string of the molecule is CCC(CCBr)NCc1cc(Br)cc2c1OCC2. The molecule has 1 aromatic rings. The molecule has 18 heavy (non-hydrogen) atoms. The summed E-state index contributed by atoms with van der Waals surface area (Å²) in [5.41, 5.74) is 2.60. The maximum Gasteiger partial charge on any atom is 0.127 e. The van der Waals surface area contributed by atoms with Crippen LogP contribution in [0.1, 0.15) is 30.9 Å². The van der Waals surface area contributed by atoms with Gasteiger partial charge in [-0.15, -0.1) is 0 Å². The Labute approximate surface area is 126 Å². The summed E-state index contributed by atoms with van der Waals surface area (Å²) in [6.45, 7) is 3.92. The Kier molecular flexibility index (Phi) is 5.52. The molecule has 0 radical (unpaired) electrons. The van der Waals surface area contributed by atoms with Crippen LogP contribution in [0.25, 0.3) is 0 Å². The molecule has 1 aromatic carbocycles. The van der Waals surface area contributed by atoms with Crippen LogP contribution in [0.15, 0.2) is 16.6 Å². The molecule has 1 aliphatic heterocycles. The highest BCUT2D eigenvalue weighted by Gasteiger charge is 2.17. The fourth-order valence-electron chi connectivity index (χ4n) is 2.31. The van der Waals surface area contributed by atoms with Gasteiger partial charge in [-0.3, -0.25) is 0 Å². The Balaban J connectivity index is 2.05. The van der Waals surface area contributed by atoms with Crippen molar-refractivity contribution in [3.63, 3.8) is 0 Å². The maximum atomic E-state index is 5.74. The molecule has 2 nitrogen and oxygen atoms in total. The van der Waals surface area contributed by atoms with E-state index < -0.39 is 0 Å². The van der Waals surface area contributed by atoms with Crippen molar-refractivity contribution in [3.8, 4) is 5.75 Å². The van der Waals surface area contributed by atoms with E-state index in [9.17, 15) is 0 Å². The summed E-state index contributed by atoms with van der Waals surface area (Å²) in [6, 6.07) is 4.90. The maximum absolute atomic E-state index is 5.74. The Morgan fingerprint density at radius 3 is 3.00 bits per heavy atom. The zero-order valence-electron chi connectivity index (χ0n) is 10.6. The second kappa shape index (κ2) is 6.92. The summed E-state index contributed by atoms with van der Waals surface area (Å²) in [7, 11) is 0. The summed E-state index contributed by atoms with van der Waals surface area (Å²) in [6.07, 6.45) is 3.34. The third-order valence-electron chi connectivity index (χ3n) is 3.36. The minimum Gasteiger partial charge on any atom is -0.493 e. The van der Waals surface area contributed by atoms with E-state index in [1.54, 1.807) is 0 Å². The van der Waals surface area contributed by atoms with E-state index in [0.29, 0.717) is 6.04 Å². The molecule has 1 atom stereocenters. The average Bonchev–Trinajstić information content (AvgIpc) is 2.82. The Hall–Kier alpha value is -0.0600. The molecule has 0 saturated heterocycles. The van der Waals surface area contributed by atoms with Gasteiger partial charge in [0.25, 0.3) is 0 Å². The number of nitrogens with one attached hydrogen (secondary N) is 1. The van der Waals surface area contributed by atoms with Crippen LogP contribution in [0.5, 0.6) is 5.75 Å². The lowest BCUT2D eigenvalue weighted by Gasteiger charge is -2.17. The molecule has 1 heterocycles. The van der Waals surface area contributed by atoms with Gasteiger partial charge in [-0.25, -0.2) is 0 Å². The number of alkyl halides is 1. The van der Waals surface area contributed by atoms with Crippen LogP contribution in [0, 0.1) is 0 Å². The number of hydrogen-bond donors (Lipinski definition) is 1. The number of fused-ring (bicyclic) bond motifs is 1. The Morgan fingerprint density at radius 2 is 2.28 bits per heavy atom. The van der Waals surface area contributed by atoms with E-state index in [-0.39, 0.29) is 0 Å². The largest absolute Gasteiger partial charge is 0.493 e. The molecule has 4 heteroatoms. The highest BCUT2D eigenvalue weighted by Crippen LogP contribution is 2.32. The first-order chi connectivity index (χ1) is 8.74. The first-order valence-electron chi connectivity index (χ1n) is 6.48. The van der Waals surface area contributed by atoms with Crippen molar-refractivity contribution in [3.05, 3.63) is 27.7 Å². The molecule has 1 N–H and O–H groups in total. The molecule has 1 unspecified atom stereocenters. The normalized spacial score (nSPS) is 15.3. The highest BCUT2D eigenvalue weighted by molar-refractivity contribution is 9.10. The topological polar surface area (TPSA) is 21.3 Å². The first kappa shape index (κ1) is 14.4. The fraction of sp³-hybridized carbons (Fsp3) is 0.571. The molecule has 0 saturated carbocycles. The summed E-state index contributed by atoms with van der Waals surface area (Å²) >= 11 is 7.09. The second-order valence-electron chi connectivity index (χ2n) is 4.62. The van der Waals surface area contributed by atoms with Gasteiger partial charge in [-0.2, -0.15) is 0 Å². The van der Waals surface area contributed by atoms with E-state index in [4.69, 9.17) is 4.74 Å². The van der Waals surface area contributed by atoms with Crippen molar-refractivity contribution in [1.82, 2.24) is 5.32 Å². The molecule has 0 aliphatic carbocycles. The van der Waals surface area contributed by atoms with Gasteiger partial charge in [-0.05, 0) is 30.5 Å². The van der Waals surface area contributed by atoms with Gasteiger partial charge in [0, 0.05) is 34.4 Å². The predicted octanol–water partition coefficient (Wildman–Crippen LogP) is 4.04. The van der Waals surface area contributed by atoms with E-state index >= 15 is 0 Å². The van der Waals surface area contributed by atoms with Crippen LogP contribution in [0.4, 0.5) is 0 Å². The van der Waals surface area contributed by atoms with Crippen molar-refractivity contribution < 1.29 is 4.74 Å². The highest BCUT2D eigenvalue weighted by atomic mass is 79.9. The van der Waals surface area contributed by atoms with E-state index in [0.717, 1.165) is 48.0 Å². The molecule has 0 spiro atoms. The van der Waals surface area contributed by atoms with Crippen LogP contribution < -0.4 is 10.1 Å². The van der Waals surface area contributed by atoms with Gasteiger partial charge >= 0.3 is 0 Å². The van der Waals surface area contributed by atoms with Crippen molar-refractivity contribution >= 4 is 31.9 Å². The Bertz CT molecular complexity index is 409. The first-order valence-corrected chi connectivity index (χ1v) is 8.39. The minimum absolute atomic E-state index is 0.570. The Morgan fingerprint density at radius 1 is 1.44 bits per heavy atom. The second-order valence-corrected chi connectivity index (χ2v) is 6.32. The van der Waals surface area contributed by atoms with E-state index in [1.165, 1.54) is 11.1 Å². The van der Waals surface area contributed by atoms with Crippen LogP contribution in [0.2, 0.25) is 0 Å². The van der Waals surface area contributed by atoms with E-state index in [1.807, 2.05) is 0 Å². The summed E-state index contributed by atoms with van der Waals surface area (Å²) < 4.78 is 6.89. The lowest BCUT2D eigenvalue weighted by molar-refractivity contribution is 0.351. The number of halogens is 2. The number of hydrogen-bond acceptors (Lipinski definition) is 2. The van der Waals surface area contributed by atoms with Gasteiger partial charge in [0.2, 0.25) is 0 Å². The molecular formula is C14H19Br2NO. The minimum atomic E-state index is 0.570. The number of ether oxygens (including phenoxy) is 1. The van der Waals surface area contributed by atoms with Crippen LogP contribution >= 0.6 is 31.9 Å². The molecule has 0 amide bonds. The molecular weight excluding hydrogens is 358 g/mol. The average molecular weight is 377 g/mol. The zero-order chi connectivity index (χ0) is 13.0. The molecule has 2 rings (SSSR count). The van der Waals surface area contributed by atoms with Crippen LogP contribution in [-0.2, 0) is 13.0 Å². The van der Waals surface area contributed by atoms with Gasteiger partial charge < -0.3 is 10.1 Å². The van der Waals surface area contributed by atoms with Crippen molar-refractivity contribution in [2.45, 2.75) is 38.8 Å². The van der Waals surface area contributed by atoms with Gasteiger partial charge in [0.1, 0.15) is 5.75 Å². The van der Waals surface area contributed by atoms with Crippen molar-refractivity contribution in [2.75, 3.05) is 11.9 Å². The molecule has 0 bridgehead atoms. The third-order valence-corrected chi connectivity index (χ3v) is 4.27. The molecule has 1 aliphatic rings. The number of rotatable bonds is 6. The van der Waals surface area contributed by atoms with E-state index in [2.05, 4.69) is 56.2 Å². The zero-order valence-corrected chi connectivity index (χ0v) is 13.8. The van der Waals surface area contributed by atoms with Gasteiger partial charge in [0.15, 0.2) is 0 Å². The lowest BCUT2D eigenvalue weighted by Crippen LogP contribution is -2.28. The van der Waals surface area contributed by atoms with Crippen molar-refractivity contribution in [1.29, 1.82) is 0 Å². The summed E-state index contributed by atoms with van der Waals surface area (Å²) in [5.74, 6) is 1.10. The van der Waals surface area contributed by atoms with Crippen LogP contribution in [0.3, 0.4) is 0 Å². The molecule has 0 aromatic heterocycles. The summed E-state index contributed by atoms with van der Waals surface area (Å²) in [5, 5.41) is 4.66. The molecule has 0 fully saturated rings. The third kappa shape index (κ3) is 3.49. The van der Waals surface area contributed by atoms with Crippen molar-refractivity contribution in [2.24, 2.45) is 0 Å². The quantitative estimate of drug-likeness (QED) is 0.756. The lowest BCUT2D eigenvalue weighted by atomic mass is 10.1. The van der Waals surface area contributed by atoms with Gasteiger partial charge in [0.05, 0.1) is 6.61 Å². The predicted molar refractivity (Wildman–Crippen MR) is 82.7 cm³/mol. The number of benzene rings is 1. The monoisotopic (exact) mass is 375 g/mol. The smallest absolute Gasteiger partial charge is 0.127 e. The standard InChI is InChI=1S/C14H19Br2NO/c1-2-13(3-5-15)17-9-11-8-12(16)7-10-4-6-18-14(10)11/h7-8,13,17H,2-6,9H2,1H3. The van der Waals surface area contributed by atoms with Gasteiger partial charge in [-0.1, -0.05) is 38.8 Å². The van der Waals surface area contributed by atoms with Crippen LogP contribution in [-0.4, -0.2) is 18.0 Å². The fourth-order valence-corrected chi connectivity index (χ4v) is 3.42. The summed E-state index contributed by atoms with van der Waals surface area (Å²) in [4.78, 5) is 0.